The van der Waals surface area contributed by atoms with E-state index >= 15 is 0 Å². The Morgan fingerprint density at radius 2 is 1.70 bits per heavy atom. The lowest BCUT2D eigenvalue weighted by atomic mass is 10.1. The minimum atomic E-state index is -3.54. The van der Waals surface area contributed by atoms with Gasteiger partial charge in [0.05, 0.1) is 17.5 Å². The van der Waals surface area contributed by atoms with Gasteiger partial charge in [0.1, 0.15) is 0 Å². The monoisotopic (exact) mass is 590 g/mol. The topological polar surface area (TPSA) is 88.2 Å². The van der Waals surface area contributed by atoms with Gasteiger partial charge in [0, 0.05) is 63.4 Å². The summed E-state index contributed by atoms with van der Waals surface area (Å²) in [5.74, 6) is 0.385. The zero-order valence-corrected chi connectivity index (χ0v) is 26.4. The van der Waals surface area contributed by atoms with Gasteiger partial charge in [-0.25, -0.2) is 12.7 Å². The van der Waals surface area contributed by atoms with Crippen molar-refractivity contribution in [1.29, 1.82) is 0 Å². The van der Waals surface area contributed by atoms with E-state index in [0.29, 0.717) is 23.5 Å². The van der Waals surface area contributed by atoms with Crippen LogP contribution in [0.2, 0.25) is 0 Å². The van der Waals surface area contributed by atoms with Gasteiger partial charge in [-0.3, -0.25) is 9.10 Å². The lowest BCUT2D eigenvalue weighted by molar-refractivity contribution is 0.102. The van der Waals surface area contributed by atoms with Crippen LogP contribution in [0.4, 0.5) is 11.4 Å². The Morgan fingerprint density at radius 1 is 1.02 bits per heavy atom. The van der Waals surface area contributed by atoms with Crippen molar-refractivity contribution in [3.63, 3.8) is 0 Å². The number of carbonyl (C=O) groups excluding carboxylic acids is 1. The first-order valence-electron chi connectivity index (χ1n) is 13.9. The van der Waals surface area contributed by atoms with Gasteiger partial charge < -0.3 is 20.4 Å². The standard InChI is InChI=1S/C29H46N6O3S2/c1-23(2)13-15-34-17-19-35(20-18-34)39-26-10-8-25(9-11-26)31-29(36)27-21-24(22-30-14-16-32(3)4)7-12-28(27)33(5)40(6,37)38/h7-12,21,23,30H,13-20,22H2,1-6H3,(H,31,36). The second-order valence-electron chi connectivity index (χ2n) is 11.1. The van der Waals surface area contributed by atoms with Gasteiger partial charge in [-0.1, -0.05) is 19.9 Å². The molecule has 1 heterocycles. The molecule has 0 spiro atoms. The molecule has 11 heteroatoms. The molecule has 2 aromatic rings. The second-order valence-corrected chi connectivity index (χ2v) is 14.3. The molecule has 1 fully saturated rings. The predicted molar refractivity (Wildman–Crippen MR) is 168 cm³/mol. The lowest BCUT2D eigenvalue weighted by Gasteiger charge is -2.34. The Balaban J connectivity index is 1.64. The summed E-state index contributed by atoms with van der Waals surface area (Å²) in [5.41, 5.74) is 2.23. The Labute approximate surface area is 245 Å². The molecule has 0 bridgehead atoms. The molecule has 0 unspecified atom stereocenters. The van der Waals surface area contributed by atoms with E-state index in [9.17, 15) is 13.2 Å². The number of benzene rings is 2. The average Bonchev–Trinajstić information content (AvgIpc) is 2.90. The minimum absolute atomic E-state index is 0.314. The maximum atomic E-state index is 13.4. The molecule has 0 radical (unpaired) electrons. The predicted octanol–water partition coefficient (Wildman–Crippen LogP) is 3.66. The molecule has 1 aliphatic heterocycles. The van der Waals surface area contributed by atoms with Gasteiger partial charge in [-0.2, -0.15) is 0 Å². The normalized spacial score (nSPS) is 15.1. The maximum absolute atomic E-state index is 13.4. The van der Waals surface area contributed by atoms with E-state index in [0.717, 1.165) is 66.2 Å². The van der Waals surface area contributed by atoms with Crippen LogP contribution in [0.5, 0.6) is 0 Å². The van der Waals surface area contributed by atoms with Crippen molar-refractivity contribution in [2.45, 2.75) is 31.7 Å². The summed E-state index contributed by atoms with van der Waals surface area (Å²) < 4.78 is 28.1. The van der Waals surface area contributed by atoms with Crippen molar-refractivity contribution in [2.75, 3.05) is 82.8 Å². The number of amides is 1. The van der Waals surface area contributed by atoms with Crippen molar-refractivity contribution in [3.05, 3.63) is 53.6 Å². The number of carbonyl (C=O) groups is 1. The molecule has 2 N–H and O–H groups in total. The van der Waals surface area contributed by atoms with E-state index in [4.69, 9.17) is 0 Å². The van der Waals surface area contributed by atoms with E-state index in [1.807, 2.05) is 44.4 Å². The maximum Gasteiger partial charge on any atom is 0.257 e. The van der Waals surface area contributed by atoms with E-state index in [-0.39, 0.29) is 5.91 Å². The second kappa shape index (κ2) is 15.2. The summed E-state index contributed by atoms with van der Waals surface area (Å²) in [6.45, 7) is 12.2. The van der Waals surface area contributed by atoms with E-state index in [2.05, 4.69) is 38.6 Å². The molecule has 1 aliphatic rings. The summed E-state index contributed by atoms with van der Waals surface area (Å²) in [5, 5.41) is 6.32. The van der Waals surface area contributed by atoms with Gasteiger partial charge in [0.25, 0.3) is 5.91 Å². The number of nitrogens with zero attached hydrogens (tertiary/aromatic N) is 4. The first-order chi connectivity index (χ1) is 18.9. The molecule has 222 valence electrons. The number of anilines is 2. The van der Waals surface area contributed by atoms with E-state index in [1.165, 1.54) is 20.0 Å². The number of rotatable bonds is 14. The quantitative estimate of drug-likeness (QED) is 0.255. The zero-order chi connectivity index (χ0) is 29.3. The number of likely N-dealkylation sites (N-methyl/N-ethyl adjacent to an activating group) is 1. The molecule has 1 saturated heterocycles. The highest BCUT2D eigenvalue weighted by atomic mass is 32.2. The summed E-state index contributed by atoms with van der Waals surface area (Å²) in [7, 11) is 1.96. The van der Waals surface area contributed by atoms with Crippen LogP contribution in [-0.2, 0) is 16.6 Å². The Kier molecular flexibility index (Phi) is 12.3. The van der Waals surface area contributed by atoms with Gasteiger partial charge in [0.2, 0.25) is 10.0 Å². The molecule has 9 nitrogen and oxygen atoms in total. The van der Waals surface area contributed by atoms with Crippen LogP contribution < -0.4 is 14.9 Å². The fourth-order valence-electron chi connectivity index (χ4n) is 4.30. The molecular weight excluding hydrogens is 544 g/mol. The molecule has 0 atom stereocenters. The summed E-state index contributed by atoms with van der Waals surface area (Å²) in [6, 6.07) is 13.1. The number of sulfonamides is 1. The minimum Gasteiger partial charge on any atom is -0.322 e. The van der Waals surface area contributed by atoms with E-state index < -0.39 is 10.0 Å². The van der Waals surface area contributed by atoms with E-state index in [1.54, 1.807) is 24.1 Å². The third kappa shape index (κ3) is 10.4. The van der Waals surface area contributed by atoms with Crippen LogP contribution in [0.3, 0.4) is 0 Å². The zero-order valence-electron chi connectivity index (χ0n) is 24.8. The van der Waals surface area contributed by atoms with Gasteiger partial charge in [-0.05, 0) is 86.9 Å². The largest absolute Gasteiger partial charge is 0.322 e. The Bertz CT molecular complexity index is 1200. The molecule has 0 aliphatic carbocycles. The highest BCUT2D eigenvalue weighted by molar-refractivity contribution is 7.97. The van der Waals surface area contributed by atoms with Crippen LogP contribution in [0.15, 0.2) is 47.4 Å². The molecule has 2 aromatic carbocycles. The molecule has 1 amide bonds. The number of piperazine rings is 1. The van der Waals surface area contributed by atoms with Crippen LogP contribution in [-0.4, -0.2) is 102 Å². The average molecular weight is 591 g/mol. The molecule has 40 heavy (non-hydrogen) atoms. The third-order valence-corrected chi connectivity index (χ3v) is 9.21. The third-order valence-electron chi connectivity index (χ3n) is 6.91. The smallest absolute Gasteiger partial charge is 0.257 e. The first kappa shape index (κ1) is 32.4. The van der Waals surface area contributed by atoms with Crippen molar-refractivity contribution < 1.29 is 13.2 Å². The fourth-order valence-corrected chi connectivity index (χ4v) is 5.71. The van der Waals surface area contributed by atoms with Gasteiger partial charge in [-0.15, -0.1) is 0 Å². The fraction of sp³-hybridized carbons (Fsp3) is 0.552. The summed E-state index contributed by atoms with van der Waals surface area (Å²) in [6.07, 6.45) is 2.37. The van der Waals surface area contributed by atoms with Gasteiger partial charge >= 0.3 is 0 Å². The Hall–Kier alpha value is -2.15. The molecule has 0 aromatic heterocycles. The van der Waals surface area contributed by atoms with Crippen molar-refractivity contribution in [3.8, 4) is 0 Å². The number of hydrogen-bond donors (Lipinski definition) is 2. The number of hydrogen-bond acceptors (Lipinski definition) is 8. The van der Waals surface area contributed by atoms with Gasteiger partial charge in [0.15, 0.2) is 0 Å². The molecular formula is C29H46N6O3S2. The molecule has 3 rings (SSSR count). The lowest BCUT2D eigenvalue weighted by Crippen LogP contribution is -2.43. The van der Waals surface area contributed by atoms with Crippen molar-refractivity contribution in [2.24, 2.45) is 5.92 Å². The SMILES string of the molecule is CC(C)CCN1CCN(Sc2ccc(NC(=O)c3cc(CNCCN(C)C)ccc3N(C)S(C)(=O)=O)cc2)CC1. The van der Waals surface area contributed by atoms with Crippen LogP contribution in [0.25, 0.3) is 0 Å². The first-order valence-corrected chi connectivity index (χ1v) is 16.5. The van der Waals surface area contributed by atoms with Crippen LogP contribution in [0, 0.1) is 5.92 Å². The van der Waals surface area contributed by atoms with Crippen molar-refractivity contribution >= 4 is 39.3 Å². The molecule has 0 saturated carbocycles. The van der Waals surface area contributed by atoms with Crippen molar-refractivity contribution in [1.82, 2.24) is 19.4 Å². The number of nitrogens with one attached hydrogen (secondary N) is 2. The highest BCUT2D eigenvalue weighted by Gasteiger charge is 2.21. The van der Waals surface area contributed by atoms with Crippen LogP contribution in [0.1, 0.15) is 36.2 Å². The van der Waals surface area contributed by atoms with Crippen LogP contribution >= 0.6 is 11.9 Å². The summed E-state index contributed by atoms with van der Waals surface area (Å²) in [4.78, 5) is 19.1. The Morgan fingerprint density at radius 3 is 2.30 bits per heavy atom. The highest BCUT2D eigenvalue weighted by Crippen LogP contribution is 2.27. The summed E-state index contributed by atoms with van der Waals surface area (Å²) >= 11 is 1.75.